The maximum atomic E-state index is 12.8. The first kappa shape index (κ1) is 14.8. The summed E-state index contributed by atoms with van der Waals surface area (Å²) in [5, 5.41) is 0. The smallest absolute Gasteiger partial charge is 0.123 e. The van der Waals surface area contributed by atoms with E-state index in [-0.39, 0.29) is 5.82 Å². The number of ether oxygens (including phenoxy) is 1. The van der Waals surface area contributed by atoms with Crippen LogP contribution in [0.25, 0.3) is 0 Å². The molecular formula is C18H26FNO. The van der Waals surface area contributed by atoms with Gasteiger partial charge >= 0.3 is 0 Å². The van der Waals surface area contributed by atoms with Crippen molar-refractivity contribution in [1.82, 2.24) is 4.90 Å². The highest BCUT2D eigenvalue weighted by Gasteiger charge is 2.40. The van der Waals surface area contributed by atoms with Gasteiger partial charge < -0.3 is 4.74 Å². The van der Waals surface area contributed by atoms with Gasteiger partial charge in [-0.25, -0.2) is 4.39 Å². The summed E-state index contributed by atoms with van der Waals surface area (Å²) in [7, 11) is 0. The van der Waals surface area contributed by atoms with Crippen molar-refractivity contribution >= 4 is 0 Å². The van der Waals surface area contributed by atoms with Crippen LogP contribution in [0.15, 0.2) is 24.3 Å². The van der Waals surface area contributed by atoms with Crippen LogP contribution in [0.2, 0.25) is 0 Å². The molecule has 1 saturated heterocycles. The zero-order valence-corrected chi connectivity index (χ0v) is 12.8. The van der Waals surface area contributed by atoms with Gasteiger partial charge in [0.05, 0.1) is 6.61 Å². The second kappa shape index (κ2) is 6.78. The van der Waals surface area contributed by atoms with E-state index in [4.69, 9.17) is 4.74 Å². The van der Waals surface area contributed by atoms with Crippen molar-refractivity contribution in [2.75, 3.05) is 19.7 Å². The predicted molar refractivity (Wildman–Crippen MR) is 83.1 cm³/mol. The summed E-state index contributed by atoms with van der Waals surface area (Å²) in [5.74, 6) is 0.559. The maximum Gasteiger partial charge on any atom is 0.123 e. The number of likely N-dealkylation sites (tertiary alicyclic amines) is 1. The average Bonchev–Trinajstić information content (AvgIpc) is 2.88. The third-order valence-electron chi connectivity index (χ3n) is 5.18. The molecule has 0 unspecified atom stereocenters. The molecule has 2 fully saturated rings. The van der Waals surface area contributed by atoms with Gasteiger partial charge in [-0.2, -0.15) is 0 Å². The van der Waals surface area contributed by atoms with Crippen molar-refractivity contribution in [3.8, 4) is 5.75 Å². The lowest BCUT2D eigenvalue weighted by molar-refractivity contribution is 0.0870. The molecule has 1 spiro atoms. The Hall–Kier alpha value is -1.09. The molecule has 0 radical (unpaired) electrons. The number of halogens is 1. The second-order valence-corrected chi connectivity index (χ2v) is 6.53. The van der Waals surface area contributed by atoms with E-state index in [0.29, 0.717) is 5.54 Å². The van der Waals surface area contributed by atoms with Crippen LogP contribution in [0.5, 0.6) is 5.75 Å². The highest BCUT2D eigenvalue weighted by Crippen LogP contribution is 2.41. The van der Waals surface area contributed by atoms with Crippen molar-refractivity contribution in [3.05, 3.63) is 30.1 Å². The first-order valence-corrected chi connectivity index (χ1v) is 8.42. The fraction of sp³-hybridized carbons (Fsp3) is 0.667. The fourth-order valence-corrected chi connectivity index (χ4v) is 4.10. The van der Waals surface area contributed by atoms with E-state index in [1.807, 2.05) is 0 Å². The van der Waals surface area contributed by atoms with Gasteiger partial charge in [-0.1, -0.05) is 19.3 Å². The fourth-order valence-electron chi connectivity index (χ4n) is 4.10. The number of nitrogens with zero attached hydrogens (tertiary/aromatic N) is 1. The van der Waals surface area contributed by atoms with Gasteiger partial charge in [0.15, 0.2) is 0 Å². The second-order valence-electron chi connectivity index (χ2n) is 6.53. The number of rotatable bonds is 5. The summed E-state index contributed by atoms with van der Waals surface area (Å²) < 4.78 is 18.5. The normalized spacial score (nSPS) is 21.8. The van der Waals surface area contributed by atoms with E-state index in [1.165, 1.54) is 63.6 Å². The van der Waals surface area contributed by atoms with E-state index >= 15 is 0 Å². The molecule has 0 bridgehead atoms. The van der Waals surface area contributed by atoms with E-state index in [2.05, 4.69) is 4.90 Å². The Balaban J connectivity index is 1.43. The van der Waals surface area contributed by atoms with Gasteiger partial charge in [-0.3, -0.25) is 4.90 Å². The predicted octanol–water partition coefficient (Wildman–Crippen LogP) is 4.39. The molecule has 3 heteroatoms. The first-order chi connectivity index (χ1) is 10.3. The molecular weight excluding hydrogens is 265 g/mol. The lowest BCUT2D eigenvalue weighted by Gasteiger charge is -2.41. The van der Waals surface area contributed by atoms with E-state index in [0.717, 1.165) is 25.3 Å². The van der Waals surface area contributed by atoms with Crippen LogP contribution < -0.4 is 4.74 Å². The Kier molecular flexibility index (Phi) is 4.79. The molecule has 1 aliphatic carbocycles. The lowest BCUT2D eigenvalue weighted by atomic mass is 9.80. The molecule has 0 N–H and O–H groups in total. The molecule has 0 amide bonds. The Bertz CT molecular complexity index is 439. The Morgan fingerprint density at radius 1 is 1.00 bits per heavy atom. The summed E-state index contributed by atoms with van der Waals surface area (Å²) in [6.07, 6.45) is 10.8. The minimum Gasteiger partial charge on any atom is -0.494 e. The molecule has 21 heavy (non-hydrogen) atoms. The third kappa shape index (κ3) is 3.57. The summed E-state index contributed by atoms with van der Waals surface area (Å²) in [4.78, 5) is 2.72. The first-order valence-electron chi connectivity index (χ1n) is 8.42. The van der Waals surface area contributed by atoms with Crippen LogP contribution >= 0.6 is 0 Å². The van der Waals surface area contributed by atoms with Gasteiger partial charge in [0.25, 0.3) is 0 Å². The van der Waals surface area contributed by atoms with Crippen molar-refractivity contribution in [3.63, 3.8) is 0 Å². The average molecular weight is 291 g/mol. The highest BCUT2D eigenvalue weighted by molar-refractivity contribution is 5.21. The molecule has 1 aliphatic heterocycles. The van der Waals surface area contributed by atoms with Crippen LogP contribution in [-0.2, 0) is 0 Å². The van der Waals surface area contributed by atoms with E-state index in [1.54, 1.807) is 12.1 Å². The van der Waals surface area contributed by atoms with Crippen molar-refractivity contribution in [2.45, 2.75) is 56.9 Å². The summed E-state index contributed by atoms with van der Waals surface area (Å²) in [6, 6.07) is 6.31. The van der Waals surface area contributed by atoms with Gasteiger partial charge in [0.2, 0.25) is 0 Å². The van der Waals surface area contributed by atoms with E-state index < -0.39 is 0 Å². The minimum absolute atomic E-state index is 0.210. The van der Waals surface area contributed by atoms with Gasteiger partial charge in [-0.05, 0) is 62.9 Å². The van der Waals surface area contributed by atoms with Crippen molar-refractivity contribution in [2.24, 2.45) is 0 Å². The zero-order valence-electron chi connectivity index (χ0n) is 12.8. The van der Waals surface area contributed by atoms with Gasteiger partial charge in [-0.15, -0.1) is 0 Å². The third-order valence-corrected chi connectivity index (χ3v) is 5.18. The minimum atomic E-state index is -0.210. The molecule has 0 aromatic heterocycles. The number of hydrogen-bond donors (Lipinski definition) is 0. The Labute approximate surface area is 127 Å². The molecule has 2 aliphatic rings. The molecule has 3 rings (SSSR count). The Morgan fingerprint density at radius 2 is 1.71 bits per heavy atom. The van der Waals surface area contributed by atoms with Crippen LogP contribution in [0.3, 0.4) is 0 Å². The van der Waals surface area contributed by atoms with Gasteiger partial charge in [0, 0.05) is 12.1 Å². The maximum absolute atomic E-state index is 12.8. The molecule has 2 nitrogen and oxygen atoms in total. The number of hydrogen-bond acceptors (Lipinski definition) is 2. The quantitative estimate of drug-likeness (QED) is 0.746. The van der Waals surface area contributed by atoms with Crippen LogP contribution in [0.1, 0.15) is 51.4 Å². The number of benzene rings is 1. The SMILES string of the molecule is Fc1ccc(OCCCN2CCCC23CCCCC3)cc1. The van der Waals surface area contributed by atoms with Crippen molar-refractivity contribution in [1.29, 1.82) is 0 Å². The van der Waals surface area contributed by atoms with Crippen LogP contribution in [0, 0.1) is 5.82 Å². The zero-order chi connectivity index (χ0) is 14.5. The van der Waals surface area contributed by atoms with E-state index in [9.17, 15) is 4.39 Å². The van der Waals surface area contributed by atoms with Crippen LogP contribution in [-0.4, -0.2) is 30.1 Å². The monoisotopic (exact) mass is 291 g/mol. The molecule has 116 valence electrons. The van der Waals surface area contributed by atoms with Crippen LogP contribution in [0.4, 0.5) is 4.39 Å². The molecule has 1 aromatic rings. The summed E-state index contributed by atoms with van der Waals surface area (Å²) in [6.45, 7) is 3.12. The summed E-state index contributed by atoms with van der Waals surface area (Å²) in [5.41, 5.74) is 0.522. The molecule has 0 atom stereocenters. The highest BCUT2D eigenvalue weighted by atomic mass is 19.1. The summed E-state index contributed by atoms with van der Waals surface area (Å²) >= 11 is 0. The Morgan fingerprint density at radius 3 is 2.48 bits per heavy atom. The largest absolute Gasteiger partial charge is 0.494 e. The van der Waals surface area contributed by atoms with Gasteiger partial charge in [0.1, 0.15) is 11.6 Å². The molecule has 1 saturated carbocycles. The molecule has 1 heterocycles. The standard InChI is InChI=1S/C18H26FNO/c19-16-6-8-17(9-7-16)21-15-5-14-20-13-4-12-18(20)10-2-1-3-11-18/h6-9H,1-5,10-15H2. The molecule has 1 aromatic carbocycles. The topological polar surface area (TPSA) is 12.5 Å². The lowest BCUT2D eigenvalue weighted by Crippen LogP contribution is -2.45. The van der Waals surface area contributed by atoms with Crippen molar-refractivity contribution < 1.29 is 9.13 Å².